The Balaban J connectivity index is 2.44. The number of aryl methyl sites for hydroxylation is 1. The Morgan fingerprint density at radius 2 is 1.88 bits per heavy atom. The first-order valence-electron chi connectivity index (χ1n) is 7.78. The Morgan fingerprint density at radius 1 is 1.19 bits per heavy atom. The third kappa shape index (κ3) is 2.50. The second-order valence-corrected chi connectivity index (χ2v) is 6.89. The van der Waals surface area contributed by atoms with E-state index in [9.17, 15) is 9.59 Å². The van der Waals surface area contributed by atoms with Gasteiger partial charge in [0.05, 0.1) is 35.7 Å². The molecule has 4 N–H and O–H groups in total. The molecule has 0 saturated heterocycles. The van der Waals surface area contributed by atoms with Gasteiger partial charge in [0.15, 0.2) is 0 Å². The standard InChI is InChI=1S/C18H19N3O4S/c1-8-5-6-11(24-3)9(2)14(8)21-10-7-12(18(23)25-4)26-15(10)13(16(21)19)17(20)22/h5-7H,19H2,1-4H3,(H2,20,22). The molecule has 0 fully saturated rings. The quantitative estimate of drug-likeness (QED) is 0.684. The molecule has 3 aromatic rings. The Bertz CT molecular complexity index is 1050. The number of carbonyl (C=O) groups excluding carboxylic acids is 2. The Morgan fingerprint density at radius 3 is 2.46 bits per heavy atom. The normalized spacial score (nSPS) is 10.9. The fourth-order valence-corrected chi connectivity index (χ4v) is 4.27. The number of thiophene rings is 1. The van der Waals surface area contributed by atoms with Crippen molar-refractivity contribution < 1.29 is 19.1 Å². The van der Waals surface area contributed by atoms with E-state index in [0.717, 1.165) is 28.2 Å². The number of amides is 1. The van der Waals surface area contributed by atoms with Gasteiger partial charge >= 0.3 is 5.97 Å². The van der Waals surface area contributed by atoms with E-state index in [0.29, 0.717) is 20.8 Å². The molecular weight excluding hydrogens is 354 g/mol. The summed E-state index contributed by atoms with van der Waals surface area (Å²) in [5, 5.41) is 0. The van der Waals surface area contributed by atoms with Gasteiger partial charge in [-0.15, -0.1) is 11.3 Å². The zero-order valence-corrected chi connectivity index (χ0v) is 15.7. The molecule has 0 atom stereocenters. The lowest BCUT2D eigenvalue weighted by atomic mass is 10.1. The molecule has 7 nitrogen and oxygen atoms in total. The number of primary amides is 1. The van der Waals surface area contributed by atoms with Gasteiger partial charge in [-0.05, 0) is 31.5 Å². The largest absolute Gasteiger partial charge is 0.496 e. The summed E-state index contributed by atoms with van der Waals surface area (Å²) in [7, 11) is 2.89. The molecule has 8 heteroatoms. The summed E-state index contributed by atoms with van der Waals surface area (Å²) in [6.07, 6.45) is 0. The minimum atomic E-state index is -0.650. The van der Waals surface area contributed by atoms with Crippen molar-refractivity contribution in [3.8, 4) is 11.4 Å². The minimum Gasteiger partial charge on any atom is -0.496 e. The minimum absolute atomic E-state index is 0.196. The highest BCUT2D eigenvalue weighted by Gasteiger charge is 2.26. The van der Waals surface area contributed by atoms with Crippen LogP contribution < -0.4 is 16.2 Å². The van der Waals surface area contributed by atoms with Crippen LogP contribution in [0.15, 0.2) is 18.2 Å². The van der Waals surface area contributed by atoms with Gasteiger partial charge in [-0.25, -0.2) is 4.79 Å². The summed E-state index contributed by atoms with van der Waals surface area (Å²) >= 11 is 1.13. The number of nitrogen functional groups attached to an aromatic ring is 1. The van der Waals surface area contributed by atoms with Crippen molar-refractivity contribution in [1.29, 1.82) is 0 Å². The fraction of sp³-hybridized carbons (Fsp3) is 0.222. The molecule has 0 aliphatic rings. The van der Waals surface area contributed by atoms with Crippen LogP contribution in [0.4, 0.5) is 5.82 Å². The number of benzene rings is 1. The van der Waals surface area contributed by atoms with Crippen LogP contribution in [0.3, 0.4) is 0 Å². The summed E-state index contributed by atoms with van der Waals surface area (Å²) in [6, 6.07) is 5.44. The third-order valence-electron chi connectivity index (χ3n) is 4.34. The van der Waals surface area contributed by atoms with Crippen LogP contribution in [0.1, 0.15) is 31.2 Å². The summed E-state index contributed by atoms with van der Waals surface area (Å²) in [6.45, 7) is 3.84. The van der Waals surface area contributed by atoms with Gasteiger partial charge in [-0.1, -0.05) is 6.07 Å². The van der Waals surface area contributed by atoms with E-state index in [1.165, 1.54) is 7.11 Å². The van der Waals surface area contributed by atoms with Crippen molar-refractivity contribution in [2.24, 2.45) is 5.73 Å². The molecular formula is C18H19N3O4S. The molecule has 3 rings (SSSR count). The van der Waals surface area contributed by atoms with Crippen molar-refractivity contribution in [3.63, 3.8) is 0 Å². The fourth-order valence-electron chi connectivity index (χ4n) is 3.15. The Hall–Kier alpha value is -3.00. The number of rotatable bonds is 4. The molecule has 0 aliphatic heterocycles. The van der Waals surface area contributed by atoms with Gasteiger partial charge in [0.25, 0.3) is 5.91 Å². The number of nitrogens with two attached hydrogens (primary N) is 2. The summed E-state index contributed by atoms with van der Waals surface area (Å²) in [4.78, 5) is 24.3. The van der Waals surface area contributed by atoms with E-state index < -0.39 is 11.9 Å². The highest BCUT2D eigenvalue weighted by atomic mass is 32.1. The van der Waals surface area contributed by atoms with Crippen LogP contribution in [0, 0.1) is 13.8 Å². The van der Waals surface area contributed by atoms with Crippen LogP contribution >= 0.6 is 11.3 Å². The number of anilines is 1. The number of aromatic nitrogens is 1. The van der Waals surface area contributed by atoms with E-state index in [-0.39, 0.29) is 11.4 Å². The number of hydrogen-bond donors (Lipinski definition) is 2. The number of carbonyl (C=O) groups is 2. The number of nitrogens with zero attached hydrogens (tertiary/aromatic N) is 1. The first kappa shape index (κ1) is 17.8. The van der Waals surface area contributed by atoms with Crippen molar-refractivity contribution >= 4 is 39.2 Å². The van der Waals surface area contributed by atoms with Gasteiger partial charge in [0, 0.05) is 5.56 Å². The van der Waals surface area contributed by atoms with Gasteiger partial charge in [0.2, 0.25) is 0 Å². The van der Waals surface area contributed by atoms with Gasteiger partial charge in [-0.3, -0.25) is 9.36 Å². The first-order chi connectivity index (χ1) is 12.3. The van der Waals surface area contributed by atoms with Crippen LogP contribution in [0.5, 0.6) is 5.75 Å². The van der Waals surface area contributed by atoms with Crippen molar-refractivity contribution in [2.75, 3.05) is 20.0 Å². The number of ether oxygens (including phenoxy) is 2. The highest BCUT2D eigenvalue weighted by Crippen LogP contribution is 2.40. The molecule has 0 radical (unpaired) electrons. The van der Waals surface area contributed by atoms with Crippen LogP contribution in [-0.2, 0) is 4.74 Å². The first-order valence-corrected chi connectivity index (χ1v) is 8.59. The molecule has 2 aromatic heterocycles. The molecule has 136 valence electrons. The second-order valence-electron chi connectivity index (χ2n) is 5.83. The maximum atomic E-state index is 12.0. The summed E-state index contributed by atoms with van der Waals surface area (Å²) in [5.41, 5.74) is 15.3. The third-order valence-corrected chi connectivity index (χ3v) is 5.46. The predicted octanol–water partition coefficient (Wildman–Crippen LogP) is 2.79. The lowest BCUT2D eigenvalue weighted by Crippen LogP contribution is -2.14. The van der Waals surface area contributed by atoms with Gasteiger partial charge in [0.1, 0.15) is 16.4 Å². The average molecular weight is 373 g/mol. The molecule has 1 aromatic carbocycles. The molecule has 0 bridgehead atoms. The molecule has 0 spiro atoms. The van der Waals surface area contributed by atoms with Gasteiger partial charge in [-0.2, -0.15) is 0 Å². The Kier molecular flexibility index (Phi) is 4.37. The van der Waals surface area contributed by atoms with Crippen LogP contribution in [0.2, 0.25) is 0 Å². The second kappa shape index (κ2) is 6.38. The lowest BCUT2D eigenvalue weighted by molar-refractivity contribution is 0.0606. The summed E-state index contributed by atoms with van der Waals surface area (Å²) < 4.78 is 12.5. The highest BCUT2D eigenvalue weighted by molar-refractivity contribution is 7.21. The number of methoxy groups -OCH3 is 2. The SMILES string of the molecule is COC(=O)c1cc2c(s1)c(C(N)=O)c(N)n2-c1c(C)ccc(OC)c1C. The van der Waals surface area contributed by atoms with Crippen LogP contribution in [-0.4, -0.2) is 30.7 Å². The van der Waals surface area contributed by atoms with E-state index in [1.54, 1.807) is 17.7 Å². The molecule has 26 heavy (non-hydrogen) atoms. The van der Waals surface area contributed by atoms with Crippen LogP contribution in [0.25, 0.3) is 15.9 Å². The maximum absolute atomic E-state index is 12.0. The van der Waals surface area contributed by atoms with Crippen molar-refractivity contribution in [3.05, 3.63) is 39.8 Å². The van der Waals surface area contributed by atoms with Crippen molar-refractivity contribution in [2.45, 2.75) is 13.8 Å². The van der Waals surface area contributed by atoms with Crippen molar-refractivity contribution in [1.82, 2.24) is 4.57 Å². The molecule has 0 unspecified atom stereocenters. The number of esters is 1. The van der Waals surface area contributed by atoms with E-state index in [4.69, 9.17) is 20.9 Å². The average Bonchev–Trinajstić information content (AvgIpc) is 3.11. The number of hydrogen-bond acceptors (Lipinski definition) is 6. The lowest BCUT2D eigenvalue weighted by Gasteiger charge is -2.17. The van der Waals surface area contributed by atoms with E-state index >= 15 is 0 Å². The maximum Gasteiger partial charge on any atom is 0.348 e. The smallest absolute Gasteiger partial charge is 0.348 e. The molecule has 0 saturated carbocycles. The molecule has 0 aliphatic carbocycles. The van der Waals surface area contributed by atoms with E-state index in [1.807, 2.05) is 26.0 Å². The predicted molar refractivity (Wildman–Crippen MR) is 101 cm³/mol. The van der Waals surface area contributed by atoms with E-state index in [2.05, 4.69) is 0 Å². The molecule has 2 heterocycles. The zero-order valence-electron chi connectivity index (χ0n) is 14.9. The number of fused-ring (bicyclic) bond motifs is 1. The monoisotopic (exact) mass is 373 g/mol. The Labute approximate surface area is 154 Å². The van der Waals surface area contributed by atoms with Gasteiger partial charge < -0.3 is 20.9 Å². The molecule has 1 amide bonds. The summed E-state index contributed by atoms with van der Waals surface area (Å²) in [5.74, 6) is -0.209. The zero-order chi connectivity index (χ0) is 19.2. The topological polar surface area (TPSA) is 110 Å².